The summed E-state index contributed by atoms with van der Waals surface area (Å²) in [4.78, 5) is 26.1. The first-order valence-electron chi connectivity index (χ1n) is 7.45. The average molecular weight is 418 g/mol. The van der Waals surface area contributed by atoms with Crippen molar-refractivity contribution >= 4 is 44.9 Å². The smallest absolute Gasteiger partial charge is 0.268 e. The van der Waals surface area contributed by atoms with Crippen LogP contribution in [0.4, 0.5) is 9.18 Å². The van der Waals surface area contributed by atoms with E-state index in [0.717, 1.165) is 22.2 Å². The molecule has 6 heteroatoms. The molecule has 3 nitrogen and oxygen atoms in total. The second kappa shape index (κ2) is 7.80. The number of hydrogen-bond acceptors (Lipinski definition) is 3. The minimum absolute atomic E-state index is 0.127. The summed E-state index contributed by atoms with van der Waals surface area (Å²) in [6, 6.07) is 15.4. The Morgan fingerprint density at radius 2 is 1.76 bits per heavy atom. The van der Waals surface area contributed by atoms with Crippen LogP contribution in [-0.4, -0.2) is 16.0 Å². The monoisotopic (exact) mass is 417 g/mol. The fourth-order valence-corrected chi connectivity index (χ4v) is 3.76. The van der Waals surface area contributed by atoms with E-state index in [2.05, 4.69) is 15.9 Å². The molecule has 1 saturated heterocycles. The van der Waals surface area contributed by atoms with Gasteiger partial charge in [-0.3, -0.25) is 14.5 Å². The molecule has 1 aliphatic rings. The molecule has 0 aromatic heterocycles. The van der Waals surface area contributed by atoms with Crippen molar-refractivity contribution in [2.45, 2.75) is 6.54 Å². The van der Waals surface area contributed by atoms with Crippen molar-refractivity contribution in [2.75, 3.05) is 0 Å². The number of carbonyl (C=O) groups excluding carboxylic acids is 2. The van der Waals surface area contributed by atoms with Gasteiger partial charge in [0.15, 0.2) is 0 Å². The van der Waals surface area contributed by atoms with E-state index in [9.17, 15) is 14.0 Å². The van der Waals surface area contributed by atoms with Crippen LogP contribution in [0.25, 0.3) is 6.08 Å². The lowest BCUT2D eigenvalue weighted by Crippen LogP contribution is -2.27. The van der Waals surface area contributed by atoms with Crippen LogP contribution in [-0.2, 0) is 11.3 Å². The van der Waals surface area contributed by atoms with Crippen LogP contribution in [0.3, 0.4) is 0 Å². The number of halogens is 2. The third-order valence-corrected chi connectivity index (χ3v) is 4.87. The molecule has 2 aromatic carbocycles. The van der Waals surface area contributed by atoms with Crippen LogP contribution in [0.5, 0.6) is 0 Å². The van der Waals surface area contributed by atoms with E-state index >= 15 is 0 Å². The number of nitrogens with zero attached hydrogens (tertiary/aromatic N) is 1. The number of thioether (sulfide) groups is 1. The number of carbonyl (C=O) groups is 2. The molecule has 2 amide bonds. The first kappa shape index (κ1) is 17.6. The van der Waals surface area contributed by atoms with Crippen LogP contribution in [0, 0.1) is 5.82 Å². The van der Waals surface area contributed by atoms with Gasteiger partial charge < -0.3 is 0 Å². The van der Waals surface area contributed by atoms with Crippen molar-refractivity contribution in [3.8, 4) is 0 Å². The molecule has 3 rings (SSSR count). The Morgan fingerprint density at radius 3 is 2.44 bits per heavy atom. The highest BCUT2D eigenvalue weighted by Gasteiger charge is 2.35. The molecule has 0 saturated carbocycles. The van der Waals surface area contributed by atoms with E-state index in [1.807, 2.05) is 36.4 Å². The molecular weight excluding hydrogens is 405 g/mol. The zero-order chi connectivity index (χ0) is 17.8. The summed E-state index contributed by atoms with van der Waals surface area (Å²) in [7, 11) is 0. The summed E-state index contributed by atoms with van der Waals surface area (Å²) < 4.78 is 13.7. The van der Waals surface area contributed by atoms with Crippen molar-refractivity contribution in [1.29, 1.82) is 0 Å². The highest BCUT2D eigenvalue weighted by molar-refractivity contribution is 9.12. The van der Waals surface area contributed by atoms with Gasteiger partial charge in [0.2, 0.25) is 0 Å². The lowest BCUT2D eigenvalue weighted by molar-refractivity contribution is -0.123. The number of allylic oxidation sites excluding steroid dienone is 2. The van der Waals surface area contributed by atoms with Crippen LogP contribution >= 0.6 is 27.7 Å². The largest absolute Gasteiger partial charge is 0.293 e. The van der Waals surface area contributed by atoms with Gasteiger partial charge in [0.05, 0.1) is 11.4 Å². The van der Waals surface area contributed by atoms with Gasteiger partial charge in [0.1, 0.15) is 5.82 Å². The van der Waals surface area contributed by atoms with E-state index < -0.39 is 0 Å². The zero-order valence-electron chi connectivity index (χ0n) is 13.0. The topological polar surface area (TPSA) is 37.4 Å². The molecule has 0 atom stereocenters. The van der Waals surface area contributed by atoms with Gasteiger partial charge in [-0.05, 0) is 47.2 Å². The number of imide groups is 1. The van der Waals surface area contributed by atoms with Crippen LogP contribution in [0.1, 0.15) is 11.1 Å². The third kappa shape index (κ3) is 4.46. The maximum atomic E-state index is 13.0. The average Bonchev–Trinajstić information content (AvgIpc) is 2.85. The predicted molar refractivity (Wildman–Crippen MR) is 101 cm³/mol. The van der Waals surface area contributed by atoms with Crippen LogP contribution < -0.4 is 0 Å². The second-order valence-electron chi connectivity index (χ2n) is 5.33. The van der Waals surface area contributed by atoms with E-state index in [0.29, 0.717) is 15.0 Å². The normalized spacial score (nSPS) is 16.8. The Balaban J connectivity index is 1.76. The summed E-state index contributed by atoms with van der Waals surface area (Å²) in [5, 5.41) is -0.333. The minimum atomic E-state index is -0.354. The number of hydrogen-bond donors (Lipinski definition) is 0. The van der Waals surface area contributed by atoms with Gasteiger partial charge in [0.25, 0.3) is 11.1 Å². The molecule has 0 bridgehead atoms. The van der Waals surface area contributed by atoms with Crippen molar-refractivity contribution in [3.63, 3.8) is 0 Å². The molecule has 126 valence electrons. The summed E-state index contributed by atoms with van der Waals surface area (Å²) in [6.07, 6.45) is 3.51. The second-order valence-corrected chi connectivity index (χ2v) is 7.24. The molecule has 1 aliphatic heterocycles. The zero-order valence-corrected chi connectivity index (χ0v) is 15.4. The van der Waals surface area contributed by atoms with Gasteiger partial charge >= 0.3 is 0 Å². The highest BCUT2D eigenvalue weighted by atomic mass is 79.9. The first-order chi connectivity index (χ1) is 12.0. The Bertz CT molecular complexity index is 863. The third-order valence-electron chi connectivity index (χ3n) is 3.50. The van der Waals surface area contributed by atoms with E-state index in [4.69, 9.17) is 0 Å². The van der Waals surface area contributed by atoms with Crippen molar-refractivity contribution in [2.24, 2.45) is 0 Å². The SMILES string of the molecule is O=C1S/C(=C\C(Br)=C\c2ccccc2)C(=O)N1Cc1ccc(F)cc1. The predicted octanol–water partition coefficient (Wildman–Crippen LogP) is 5.34. The Kier molecular flexibility index (Phi) is 5.50. The van der Waals surface area contributed by atoms with Gasteiger partial charge in [-0.25, -0.2) is 4.39 Å². The van der Waals surface area contributed by atoms with Crippen molar-refractivity contribution < 1.29 is 14.0 Å². The highest BCUT2D eigenvalue weighted by Crippen LogP contribution is 2.33. The fraction of sp³-hybridized carbons (Fsp3) is 0.0526. The standard InChI is InChI=1S/C19H13BrFNO2S/c20-15(10-13-4-2-1-3-5-13)11-17-18(23)22(19(24)25-17)12-14-6-8-16(21)9-7-14/h1-11H,12H2/b15-10-,17-11-. The lowest BCUT2D eigenvalue weighted by atomic mass is 10.2. The van der Waals surface area contributed by atoms with Crippen molar-refractivity contribution in [1.82, 2.24) is 4.90 Å². The molecular formula is C19H13BrFNO2S. The molecule has 1 heterocycles. The van der Waals surface area contributed by atoms with Crippen molar-refractivity contribution in [3.05, 3.63) is 87.0 Å². The quantitative estimate of drug-likeness (QED) is 0.629. The summed E-state index contributed by atoms with van der Waals surface area (Å²) >= 11 is 4.31. The maximum absolute atomic E-state index is 13.0. The Hall–Kier alpha value is -2.18. The van der Waals surface area contributed by atoms with Crippen LogP contribution in [0.15, 0.2) is 70.1 Å². The minimum Gasteiger partial charge on any atom is -0.268 e. The summed E-state index contributed by atoms with van der Waals surface area (Å²) in [5.74, 6) is -0.703. The molecule has 0 spiro atoms. The van der Waals surface area contributed by atoms with E-state index in [1.54, 1.807) is 18.2 Å². The van der Waals surface area contributed by atoms with E-state index in [-0.39, 0.29) is 23.5 Å². The van der Waals surface area contributed by atoms with Gasteiger partial charge in [0, 0.05) is 4.48 Å². The summed E-state index contributed by atoms with van der Waals surface area (Å²) in [5.41, 5.74) is 1.68. The molecule has 0 unspecified atom stereocenters. The fourth-order valence-electron chi connectivity index (χ4n) is 2.28. The molecule has 0 radical (unpaired) electrons. The number of benzene rings is 2. The van der Waals surface area contributed by atoms with Gasteiger partial charge in [-0.2, -0.15) is 0 Å². The maximum Gasteiger partial charge on any atom is 0.293 e. The molecule has 0 N–H and O–H groups in total. The lowest BCUT2D eigenvalue weighted by Gasteiger charge is -2.12. The van der Waals surface area contributed by atoms with Crippen LogP contribution in [0.2, 0.25) is 0 Å². The Labute approximate surface area is 157 Å². The van der Waals surface area contributed by atoms with Gasteiger partial charge in [-0.15, -0.1) is 0 Å². The van der Waals surface area contributed by atoms with E-state index in [1.165, 1.54) is 12.1 Å². The molecule has 0 aliphatic carbocycles. The summed E-state index contributed by atoms with van der Waals surface area (Å²) in [6.45, 7) is 0.127. The molecule has 25 heavy (non-hydrogen) atoms. The first-order valence-corrected chi connectivity index (χ1v) is 9.06. The van der Waals surface area contributed by atoms with Gasteiger partial charge in [-0.1, -0.05) is 58.4 Å². The Morgan fingerprint density at radius 1 is 1.08 bits per heavy atom. The molecule has 2 aromatic rings. The molecule has 1 fully saturated rings. The number of amides is 2. The number of rotatable bonds is 4.